The maximum atomic E-state index is 14.0. The number of fused-ring (bicyclic) bond motifs is 6. The zero-order chi connectivity index (χ0) is 35.6. The van der Waals surface area contributed by atoms with Crippen molar-refractivity contribution in [2.24, 2.45) is 0 Å². The third-order valence-electron chi connectivity index (χ3n) is 9.46. The van der Waals surface area contributed by atoms with Gasteiger partial charge < -0.3 is 34.1 Å². The molecule has 4 heterocycles. The van der Waals surface area contributed by atoms with E-state index in [0.29, 0.717) is 37.1 Å². The molecule has 0 spiro atoms. The Morgan fingerprint density at radius 3 is 2.56 bits per heavy atom. The summed E-state index contributed by atoms with van der Waals surface area (Å²) in [5.41, 5.74) is 0.391. The molecule has 0 radical (unpaired) electrons. The SMILES string of the molecule is COc1cc2cc(c1Cl)N(C)C(=O)C[C@H](OC(=O)[C@H](C)N(C)C(=O)CC(C)S)[C@@]1(C)C[C@@](C)(O1)[C@@H]1C[C@H](C/C=C/C=C(\C)C2)NC(=O)O1. The van der Waals surface area contributed by atoms with Crippen molar-refractivity contribution in [1.82, 2.24) is 10.2 Å². The fourth-order valence-corrected chi connectivity index (χ4v) is 7.08. The number of carbonyl (C=O) groups is 4. The zero-order valence-electron chi connectivity index (χ0n) is 29.0. The van der Waals surface area contributed by atoms with Crippen LogP contribution in [0.1, 0.15) is 72.3 Å². The first-order valence-electron chi connectivity index (χ1n) is 16.2. The van der Waals surface area contributed by atoms with E-state index in [9.17, 15) is 19.2 Å². The summed E-state index contributed by atoms with van der Waals surface area (Å²) in [5.74, 6) is -0.900. The highest BCUT2D eigenvalue weighted by Gasteiger charge is 2.61. The van der Waals surface area contributed by atoms with Crippen LogP contribution >= 0.6 is 24.2 Å². The summed E-state index contributed by atoms with van der Waals surface area (Å²) in [6, 6.07) is 2.58. The second-order valence-corrected chi connectivity index (χ2v) is 14.9. The molecule has 48 heavy (non-hydrogen) atoms. The normalized spacial score (nSPS) is 30.8. The number of esters is 1. The van der Waals surface area contributed by atoms with Crippen LogP contribution in [0.25, 0.3) is 0 Å². The third-order valence-corrected chi connectivity index (χ3v) is 10.0. The summed E-state index contributed by atoms with van der Waals surface area (Å²) in [6.07, 6.45) is 5.76. The Morgan fingerprint density at radius 2 is 1.92 bits per heavy atom. The molecule has 1 unspecified atom stereocenters. The number of hydrogen-bond donors (Lipinski definition) is 2. The highest BCUT2D eigenvalue weighted by molar-refractivity contribution is 7.80. The Morgan fingerprint density at radius 1 is 1.23 bits per heavy atom. The summed E-state index contributed by atoms with van der Waals surface area (Å²) in [6.45, 7) is 9.01. The maximum absolute atomic E-state index is 14.0. The minimum atomic E-state index is -1.11. The largest absolute Gasteiger partial charge is 0.495 e. The average Bonchev–Trinajstić information content (AvgIpc) is 3.00. The number of carbonyl (C=O) groups excluding carboxylic acids is 4. The van der Waals surface area contributed by atoms with Gasteiger partial charge in [0.05, 0.1) is 19.2 Å². The van der Waals surface area contributed by atoms with Gasteiger partial charge in [0.15, 0.2) is 0 Å². The number of amides is 3. The summed E-state index contributed by atoms with van der Waals surface area (Å²) in [5, 5.41) is 2.97. The molecule has 2 saturated heterocycles. The predicted molar refractivity (Wildman–Crippen MR) is 187 cm³/mol. The van der Waals surface area contributed by atoms with Gasteiger partial charge in [-0.25, -0.2) is 9.59 Å². The summed E-state index contributed by atoms with van der Waals surface area (Å²) in [7, 11) is 4.66. The van der Waals surface area contributed by atoms with E-state index in [1.165, 1.54) is 24.0 Å². The summed E-state index contributed by atoms with van der Waals surface area (Å²) < 4.78 is 23.9. The highest BCUT2D eigenvalue weighted by Crippen LogP contribution is 2.50. The van der Waals surface area contributed by atoms with Gasteiger partial charge >= 0.3 is 12.1 Å². The highest BCUT2D eigenvalue weighted by atomic mass is 35.5. The van der Waals surface area contributed by atoms with Crippen LogP contribution < -0.4 is 15.0 Å². The number of thiol groups is 1. The Labute approximate surface area is 293 Å². The zero-order valence-corrected chi connectivity index (χ0v) is 30.7. The average molecular weight is 706 g/mol. The Kier molecular flexibility index (Phi) is 11.8. The van der Waals surface area contributed by atoms with Crippen LogP contribution in [0.15, 0.2) is 35.9 Å². The molecule has 0 saturated carbocycles. The van der Waals surface area contributed by atoms with Gasteiger partial charge in [-0.3, -0.25) is 9.59 Å². The lowest BCUT2D eigenvalue weighted by Crippen LogP contribution is -2.70. The van der Waals surface area contributed by atoms with E-state index in [4.69, 9.17) is 30.5 Å². The molecule has 3 amide bonds. The van der Waals surface area contributed by atoms with Gasteiger partial charge in [0.1, 0.15) is 40.2 Å². The maximum Gasteiger partial charge on any atom is 0.407 e. The van der Waals surface area contributed by atoms with Gasteiger partial charge in [0.2, 0.25) is 11.8 Å². The van der Waals surface area contributed by atoms with Gasteiger partial charge in [-0.05, 0) is 58.2 Å². The second kappa shape index (κ2) is 15.1. The molecule has 2 fully saturated rings. The molecule has 11 nitrogen and oxygen atoms in total. The van der Waals surface area contributed by atoms with E-state index in [0.717, 1.165) is 11.1 Å². The van der Waals surface area contributed by atoms with Gasteiger partial charge in [0.25, 0.3) is 0 Å². The molecule has 1 aromatic rings. The molecule has 0 aliphatic carbocycles. The van der Waals surface area contributed by atoms with Crippen LogP contribution in [-0.2, 0) is 35.0 Å². The first-order valence-corrected chi connectivity index (χ1v) is 17.1. The molecule has 0 aromatic heterocycles. The number of allylic oxidation sites excluding steroid dienone is 3. The molecule has 7 atom stereocenters. The van der Waals surface area contributed by atoms with Crippen molar-refractivity contribution in [2.45, 2.75) is 114 Å². The van der Waals surface area contributed by atoms with Crippen molar-refractivity contribution in [2.75, 3.05) is 26.1 Å². The third kappa shape index (κ3) is 8.49. The van der Waals surface area contributed by atoms with Crippen molar-refractivity contribution >= 4 is 53.8 Å². The first kappa shape index (κ1) is 37.6. The van der Waals surface area contributed by atoms with E-state index < -0.39 is 41.5 Å². The minimum absolute atomic E-state index is 0.146. The quantitative estimate of drug-likeness (QED) is 0.297. The molecular formula is C35H48ClN3O8S. The molecule has 6 bridgehead atoms. The van der Waals surface area contributed by atoms with Crippen LogP contribution in [0.3, 0.4) is 0 Å². The number of methoxy groups -OCH3 is 1. The number of ether oxygens (including phenoxy) is 4. The minimum Gasteiger partial charge on any atom is -0.495 e. The number of alkyl carbamates (subject to hydrolysis) is 1. The molecule has 264 valence electrons. The number of nitrogens with one attached hydrogen (secondary N) is 1. The molecule has 13 heteroatoms. The van der Waals surface area contributed by atoms with Crippen molar-refractivity contribution in [3.8, 4) is 5.75 Å². The number of likely N-dealkylation sites (N-methyl/N-ethyl adjacent to an activating group) is 1. The topological polar surface area (TPSA) is 124 Å². The van der Waals surface area contributed by atoms with E-state index >= 15 is 0 Å². The molecule has 4 aliphatic heterocycles. The molecule has 4 aliphatic rings. The van der Waals surface area contributed by atoms with Crippen LogP contribution in [-0.4, -0.2) is 90.7 Å². The van der Waals surface area contributed by atoms with E-state index in [1.54, 1.807) is 27.8 Å². The number of nitrogens with zero attached hydrogens (tertiary/aromatic N) is 2. The lowest BCUT2D eigenvalue weighted by atomic mass is 9.72. The fraction of sp³-hybridized carbons (Fsp3) is 0.600. The van der Waals surface area contributed by atoms with Gasteiger partial charge in [0, 0.05) is 44.6 Å². The number of rotatable bonds is 6. The smallest absolute Gasteiger partial charge is 0.407 e. The standard InChI is InChI=1S/C35H48ClN3O8S/c1-20-11-9-10-12-24-17-27(46-33(43)37-24)34(4)19-35(5,47-34)28(45-32(42)22(3)38(6)29(40)14-21(2)48)18-30(41)39(7)25-15-23(13-20)16-26(44-8)31(25)36/h9-11,15-16,21-22,24,27-28,48H,12-14,17-19H2,1-8H3,(H,37,43)/b10-9+,20-11+/t21?,22-,24-,27-,28-,34+,35+/m0/s1. The van der Waals surface area contributed by atoms with Gasteiger partial charge in [-0.15, -0.1) is 0 Å². The van der Waals surface area contributed by atoms with Crippen molar-refractivity contribution < 1.29 is 38.1 Å². The number of hydrogen-bond acceptors (Lipinski definition) is 9. The van der Waals surface area contributed by atoms with Crippen LogP contribution in [0.2, 0.25) is 5.02 Å². The summed E-state index contributed by atoms with van der Waals surface area (Å²) >= 11 is 11.0. The monoisotopic (exact) mass is 705 g/mol. The van der Waals surface area contributed by atoms with Gasteiger partial charge in [-0.1, -0.05) is 42.3 Å². The number of halogens is 1. The van der Waals surface area contributed by atoms with E-state index in [1.807, 2.05) is 44.2 Å². The summed E-state index contributed by atoms with van der Waals surface area (Å²) in [4.78, 5) is 55.6. The Hall–Kier alpha value is -3.22. The molecule has 1 aromatic carbocycles. The van der Waals surface area contributed by atoms with E-state index in [-0.39, 0.29) is 41.0 Å². The fourth-order valence-electron chi connectivity index (χ4n) is 6.62. The Balaban J connectivity index is 1.71. The van der Waals surface area contributed by atoms with Crippen molar-refractivity contribution in [3.05, 3.63) is 46.5 Å². The Bertz CT molecular complexity index is 1470. The number of anilines is 1. The second-order valence-electron chi connectivity index (χ2n) is 13.7. The van der Waals surface area contributed by atoms with Crippen LogP contribution in [0.5, 0.6) is 5.75 Å². The van der Waals surface area contributed by atoms with Crippen LogP contribution in [0, 0.1) is 0 Å². The lowest BCUT2D eigenvalue weighted by Gasteiger charge is -2.58. The van der Waals surface area contributed by atoms with E-state index in [2.05, 4.69) is 17.9 Å². The molecule has 5 rings (SSSR count). The van der Waals surface area contributed by atoms with Crippen LogP contribution in [0.4, 0.5) is 10.5 Å². The van der Waals surface area contributed by atoms with Gasteiger partial charge in [-0.2, -0.15) is 12.6 Å². The molecular weight excluding hydrogens is 658 g/mol. The molecule has 1 N–H and O–H groups in total. The lowest BCUT2D eigenvalue weighted by molar-refractivity contribution is -0.322. The van der Waals surface area contributed by atoms with Crippen molar-refractivity contribution in [1.29, 1.82) is 0 Å². The predicted octanol–water partition coefficient (Wildman–Crippen LogP) is 5.42. The first-order chi connectivity index (χ1) is 22.5. The number of benzene rings is 1. The van der Waals surface area contributed by atoms with Crippen molar-refractivity contribution in [3.63, 3.8) is 0 Å².